The lowest BCUT2D eigenvalue weighted by atomic mass is 10.0. The van der Waals surface area contributed by atoms with Gasteiger partial charge in [0.15, 0.2) is 11.6 Å². The van der Waals surface area contributed by atoms with Gasteiger partial charge in [0.05, 0.1) is 11.0 Å². The Bertz CT molecular complexity index is 3720. The van der Waals surface area contributed by atoms with Crippen LogP contribution in [0.3, 0.4) is 0 Å². The van der Waals surface area contributed by atoms with Gasteiger partial charge in [-0.2, -0.15) is 0 Å². The van der Waals surface area contributed by atoms with Crippen LogP contribution in [0.15, 0.2) is 261 Å². The standard InChI is InChI=1S/C64H45N5/c1-5-17-45(18-6-1)41-62-65-63(49-21-9-3-10-22-49)67-64(66-62)53-25-15-23-50(42-53)51-24-16-28-57(43-51)68(55-36-31-47(32-37-55)46-19-7-2-8-20-46)56-38-33-48(34-39-56)52-35-40-61-59(44-52)58-29-13-14-30-60(58)69(61)54-26-11-4-12-27-54/h1-40,42-44H,41H2. The molecule has 0 unspecified atom stereocenters. The van der Waals surface area contributed by atoms with E-state index in [9.17, 15) is 0 Å². The van der Waals surface area contributed by atoms with Gasteiger partial charge in [-0.05, 0) is 112 Å². The van der Waals surface area contributed by atoms with Crippen molar-refractivity contribution in [1.82, 2.24) is 19.5 Å². The van der Waals surface area contributed by atoms with E-state index in [0.717, 1.165) is 62.0 Å². The molecule has 0 aliphatic carbocycles. The average Bonchev–Trinajstić information content (AvgIpc) is 3.76. The Kier molecular flexibility index (Phi) is 10.9. The second kappa shape index (κ2) is 18.2. The number of nitrogens with zero attached hydrogens (tertiary/aromatic N) is 5. The molecule has 5 nitrogen and oxygen atoms in total. The van der Waals surface area contributed by atoms with Gasteiger partial charge in [-0.3, -0.25) is 0 Å². The van der Waals surface area contributed by atoms with Crippen molar-refractivity contribution in [1.29, 1.82) is 0 Å². The Labute approximate surface area is 402 Å². The fourth-order valence-electron chi connectivity index (χ4n) is 9.48. The third-order valence-electron chi connectivity index (χ3n) is 12.9. The summed E-state index contributed by atoms with van der Waals surface area (Å²) in [6.45, 7) is 0. The van der Waals surface area contributed by atoms with E-state index in [2.05, 4.69) is 234 Å². The van der Waals surface area contributed by atoms with Crippen LogP contribution in [-0.2, 0) is 6.42 Å². The number of aromatic nitrogens is 4. The second-order valence-corrected chi connectivity index (χ2v) is 17.3. The summed E-state index contributed by atoms with van der Waals surface area (Å²) >= 11 is 0. The normalized spacial score (nSPS) is 11.2. The largest absolute Gasteiger partial charge is 0.310 e. The summed E-state index contributed by atoms with van der Waals surface area (Å²) in [5.41, 5.74) is 16.6. The van der Waals surface area contributed by atoms with Crippen LogP contribution in [0.25, 0.3) is 83.6 Å². The first kappa shape index (κ1) is 41.3. The molecule has 0 spiro atoms. The quantitative estimate of drug-likeness (QED) is 0.130. The number of benzene rings is 10. The first-order valence-electron chi connectivity index (χ1n) is 23.4. The Hall–Kier alpha value is -9.19. The van der Waals surface area contributed by atoms with Crippen LogP contribution >= 0.6 is 0 Å². The molecule has 0 aliphatic heterocycles. The Morgan fingerprint density at radius 3 is 1.48 bits per heavy atom. The first-order valence-corrected chi connectivity index (χ1v) is 23.4. The molecular weight excluding hydrogens is 839 g/mol. The molecule has 10 aromatic carbocycles. The van der Waals surface area contributed by atoms with Crippen molar-refractivity contribution in [2.75, 3.05) is 4.90 Å². The zero-order chi connectivity index (χ0) is 45.9. The Morgan fingerprint density at radius 2 is 0.783 bits per heavy atom. The fourth-order valence-corrected chi connectivity index (χ4v) is 9.48. The molecule has 0 saturated carbocycles. The predicted octanol–water partition coefficient (Wildman–Crippen LogP) is 16.4. The summed E-state index contributed by atoms with van der Waals surface area (Å²) in [7, 11) is 0. The molecule has 0 aliphatic rings. The zero-order valence-corrected chi connectivity index (χ0v) is 37.8. The highest BCUT2D eigenvalue weighted by atomic mass is 15.1. The molecular formula is C64H45N5. The highest BCUT2D eigenvalue weighted by molar-refractivity contribution is 6.10. The van der Waals surface area contributed by atoms with E-state index in [1.165, 1.54) is 38.5 Å². The van der Waals surface area contributed by atoms with Crippen LogP contribution in [0.1, 0.15) is 11.4 Å². The molecule has 0 radical (unpaired) electrons. The molecule has 0 N–H and O–H groups in total. The molecule has 0 fully saturated rings. The van der Waals surface area contributed by atoms with Crippen molar-refractivity contribution in [3.63, 3.8) is 0 Å². The minimum atomic E-state index is 0.608. The lowest BCUT2D eigenvalue weighted by Gasteiger charge is -2.26. The van der Waals surface area contributed by atoms with Gasteiger partial charge < -0.3 is 9.47 Å². The number of anilines is 3. The fraction of sp³-hybridized carbons (Fsp3) is 0.0156. The lowest BCUT2D eigenvalue weighted by molar-refractivity contribution is 0.932. The number of hydrogen-bond acceptors (Lipinski definition) is 4. The minimum absolute atomic E-state index is 0.608. The molecule has 0 amide bonds. The van der Waals surface area contributed by atoms with Crippen LogP contribution in [0, 0.1) is 0 Å². The molecule has 12 aromatic rings. The monoisotopic (exact) mass is 883 g/mol. The highest BCUT2D eigenvalue weighted by Crippen LogP contribution is 2.40. The summed E-state index contributed by atoms with van der Waals surface area (Å²) < 4.78 is 2.36. The van der Waals surface area contributed by atoms with Crippen LogP contribution in [0.5, 0.6) is 0 Å². The van der Waals surface area contributed by atoms with E-state index in [4.69, 9.17) is 15.0 Å². The van der Waals surface area contributed by atoms with Crippen molar-refractivity contribution in [3.8, 4) is 61.8 Å². The van der Waals surface area contributed by atoms with Gasteiger partial charge in [0, 0.05) is 51.1 Å². The van der Waals surface area contributed by atoms with Crippen molar-refractivity contribution < 1.29 is 0 Å². The molecule has 2 heterocycles. The first-order chi connectivity index (χ1) is 34.2. The maximum atomic E-state index is 5.05. The number of fused-ring (bicyclic) bond motifs is 3. The SMILES string of the molecule is c1ccc(Cc2nc(-c3ccccc3)nc(-c3cccc(-c4cccc(N(c5ccc(-c6ccccc6)cc5)c5ccc(-c6ccc7c(c6)c6ccccc6n7-c6ccccc6)cc5)c4)c3)n2)cc1. The van der Waals surface area contributed by atoms with Crippen LogP contribution < -0.4 is 4.90 Å². The molecule has 0 bridgehead atoms. The smallest absolute Gasteiger partial charge is 0.163 e. The molecule has 69 heavy (non-hydrogen) atoms. The Balaban J connectivity index is 0.916. The topological polar surface area (TPSA) is 46.8 Å². The summed E-state index contributed by atoms with van der Waals surface area (Å²) in [4.78, 5) is 17.4. The average molecular weight is 884 g/mol. The van der Waals surface area contributed by atoms with E-state index in [-0.39, 0.29) is 0 Å². The van der Waals surface area contributed by atoms with E-state index >= 15 is 0 Å². The highest BCUT2D eigenvalue weighted by Gasteiger charge is 2.18. The maximum Gasteiger partial charge on any atom is 0.163 e. The van der Waals surface area contributed by atoms with Crippen LogP contribution in [-0.4, -0.2) is 19.5 Å². The maximum absolute atomic E-state index is 5.05. The van der Waals surface area contributed by atoms with E-state index in [0.29, 0.717) is 18.1 Å². The molecule has 2 aromatic heterocycles. The summed E-state index contributed by atoms with van der Waals surface area (Å²) in [5, 5.41) is 2.47. The van der Waals surface area contributed by atoms with E-state index in [1.807, 2.05) is 36.4 Å². The molecule has 326 valence electrons. The van der Waals surface area contributed by atoms with Gasteiger partial charge >= 0.3 is 0 Å². The number of rotatable bonds is 11. The van der Waals surface area contributed by atoms with Crippen LogP contribution in [0.2, 0.25) is 0 Å². The predicted molar refractivity (Wildman–Crippen MR) is 285 cm³/mol. The van der Waals surface area contributed by atoms with Gasteiger partial charge in [0.25, 0.3) is 0 Å². The molecule has 12 rings (SSSR count). The molecule has 0 saturated heterocycles. The van der Waals surface area contributed by atoms with E-state index in [1.54, 1.807) is 0 Å². The third kappa shape index (κ3) is 8.35. The lowest BCUT2D eigenvalue weighted by Crippen LogP contribution is -2.10. The molecule has 5 heteroatoms. The summed E-state index contributed by atoms with van der Waals surface area (Å²) in [5.74, 6) is 2.04. The number of para-hydroxylation sites is 2. The van der Waals surface area contributed by atoms with Gasteiger partial charge in [-0.1, -0.05) is 188 Å². The van der Waals surface area contributed by atoms with Gasteiger partial charge in [-0.25, -0.2) is 15.0 Å². The van der Waals surface area contributed by atoms with Gasteiger partial charge in [-0.15, -0.1) is 0 Å². The van der Waals surface area contributed by atoms with Crippen molar-refractivity contribution in [2.45, 2.75) is 6.42 Å². The minimum Gasteiger partial charge on any atom is -0.310 e. The third-order valence-corrected chi connectivity index (χ3v) is 12.9. The van der Waals surface area contributed by atoms with Crippen molar-refractivity contribution in [2.24, 2.45) is 0 Å². The van der Waals surface area contributed by atoms with Crippen molar-refractivity contribution >= 4 is 38.9 Å². The Morgan fingerprint density at radius 1 is 0.304 bits per heavy atom. The van der Waals surface area contributed by atoms with Gasteiger partial charge in [0.2, 0.25) is 0 Å². The second-order valence-electron chi connectivity index (χ2n) is 17.3. The molecule has 0 atom stereocenters. The summed E-state index contributed by atoms with van der Waals surface area (Å²) in [6.07, 6.45) is 0.608. The van der Waals surface area contributed by atoms with Gasteiger partial charge in [0.1, 0.15) is 5.82 Å². The zero-order valence-electron chi connectivity index (χ0n) is 37.8. The van der Waals surface area contributed by atoms with E-state index < -0.39 is 0 Å². The summed E-state index contributed by atoms with van der Waals surface area (Å²) in [6, 6.07) is 92.4. The van der Waals surface area contributed by atoms with Crippen LogP contribution in [0.4, 0.5) is 17.1 Å². The number of hydrogen-bond donors (Lipinski definition) is 0. The van der Waals surface area contributed by atoms with Crippen molar-refractivity contribution in [3.05, 3.63) is 272 Å².